The number of anilines is 1. The highest BCUT2D eigenvalue weighted by Crippen LogP contribution is 2.28. The molecule has 9 heteroatoms. The summed E-state index contributed by atoms with van der Waals surface area (Å²) < 4.78 is 27.3. The highest BCUT2D eigenvalue weighted by atomic mass is 16.7. The lowest BCUT2D eigenvalue weighted by molar-refractivity contribution is 0.121. The van der Waals surface area contributed by atoms with E-state index in [-0.39, 0.29) is 18.2 Å². The third-order valence-electron chi connectivity index (χ3n) is 5.73. The maximum Gasteiger partial charge on any atom is 0.513 e. The lowest BCUT2D eigenvalue weighted by Crippen LogP contribution is -2.38. The summed E-state index contributed by atoms with van der Waals surface area (Å²) in [6, 6.07) is 11.9. The highest BCUT2D eigenvalue weighted by Gasteiger charge is 2.21. The second-order valence-corrected chi connectivity index (χ2v) is 9.55. The normalized spacial score (nSPS) is 14.9. The molecule has 1 aliphatic heterocycles. The molecule has 0 bridgehead atoms. The van der Waals surface area contributed by atoms with Crippen molar-refractivity contribution in [2.24, 2.45) is 0 Å². The van der Waals surface area contributed by atoms with Gasteiger partial charge in [0, 0.05) is 37.8 Å². The number of aromatic nitrogens is 1. The van der Waals surface area contributed by atoms with Gasteiger partial charge in [-0.3, -0.25) is 4.90 Å². The number of rotatable bonds is 9. The molecule has 0 saturated carbocycles. The Balaban J connectivity index is 1.34. The van der Waals surface area contributed by atoms with E-state index in [2.05, 4.69) is 32.1 Å². The maximum atomic E-state index is 11.3. The zero-order chi connectivity index (χ0) is 25.7. The van der Waals surface area contributed by atoms with E-state index in [1.807, 2.05) is 33.8 Å². The SMILES string of the molecule is COC(=O)Oc1ccc2oc(NC3CCN(Cc4cc(OC(C)C)cc(OC(C)C)c4)CC3)nc2c1. The van der Waals surface area contributed by atoms with Crippen LogP contribution >= 0.6 is 0 Å². The monoisotopic (exact) mass is 497 g/mol. The zero-order valence-electron chi connectivity index (χ0n) is 21.6. The standard InChI is InChI=1S/C27H35N3O6/c1-17(2)33-22-12-19(13-23(14-22)34-18(3)4)16-30-10-8-20(9-11-30)28-26-29-24-15-21(35-27(31)32-5)6-7-25(24)36-26/h6-7,12-15,17-18,20H,8-11,16H2,1-5H3,(H,28,29). The third-order valence-corrected chi connectivity index (χ3v) is 5.73. The first-order valence-electron chi connectivity index (χ1n) is 12.4. The molecule has 1 aromatic heterocycles. The average Bonchev–Trinajstić information content (AvgIpc) is 3.20. The molecule has 1 N–H and O–H groups in total. The Morgan fingerprint density at radius 2 is 1.69 bits per heavy atom. The molecule has 1 saturated heterocycles. The third kappa shape index (κ3) is 7.04. The number of hydrogen-bond donors (Lipinski definition) is 1. The fourth-order valence-corrected chi connectivity index (χ4v) is 4.24. The molecule has 4 rings (SSSR count). The summed E-state index contributed by atoms with van der Waals surface area (Å²) in [6.07, 6.45) is 1.37. The van der Waals surface area contributed by atoms with E-state index >= 15 is 0 Å². The Morgan fingerprint density at radius 1 is 1.03 bits per heavy atom. The number of oxazole rings is 1. The van der Waals surface area contributed by atoms with E-state index in [0.29, 0.717) is 22.9 Å². The predicted octanol–water partition coefficient (Wildman–Crippen LogP) is 5.62. The van der Waals surface area contributed by atoms with Crippen LogP contribution in [0.15, 0.2) is 40.8 Å². The molecule has 2 heterocycles. The van der Waals surface area contributed by atoms with E-state index in [1.54, 1.807) is 18.2 Å². The first-order chi connectivity index (χ1) is 17.3. The van der Waals surface area contributed by atoms with Crippen LogP contribution in [0, 0.1) is 0 Å². The Hall–Kier alpha value is -3.46. The molecule has 0 radical (unpaired) electrons. The van der Waals surface area contributed by atoms with E-state index in [0.717, 1.165) is 44.0 Å². The van der Waals surface area contributed by atoms with Gasteiger partial charge in [0.25, 0.3) is 6.01 Å². The van der Waals surface area contributed by atoms with Crippen LogP contribution in [0.2, 0.25) is 0 Å². The van der Waals surface area contributed by atoms with Gasteiger partial charge in [-0.1, -0.05) is 0 Å². The van der Waals surface area contributed by atoms with Crippen molar-refractivity contribution in [1.82, 2.24) is 9.88 Å². The highest BCUT2D eigenvalue weighted by molar-refractivity contribution is 5.77. The van der Waals surface area contributed by atoms with Crippen LogP contribution < -0.4 is 19.5 Å². The maximum absolute atomic E-state index is 11.3. The Morgan fingerprint density at radius 3 is 2.31 bits per heavy atom. The number of carbonyl (C=O) groups excluding carboxylic acids is 1. The molecule has 0 aliphatic carbocycles. The molecule has 2 aromatic carbocycles. The Kier molecular flexibility index (Phi) is 8.20. The molecular weight excluding hydrogens is 462 g/mol. The van der Waals surface area contributed by atoms with Gasteiger partial charge in [-0.05, 0) is 70.4 Å². The number of hydrogen-bond acceptors (Lipinski definition) is 9. The van der Waals surface area contributed by atoms with Crippen LogP contribution in [0.3, 0.4) is 0 Å². The Bertz CT molecular complexity index is 1140. The van der Waals surface area contributed by atoms with Gasteiger partial charge >= 0.3 is 6.16 Å². The summed E-state index contributed by atoms with van der Waals surface area (Å²) in [6.45, 7) is 10.8. The number of nitrogens with one attached hydrogen (secondary N) is 1. The van der Waals surface area contributed by atoms with Gasteiger partial charge in [-0.25, -0.2) is 4.79 Å². The van der Waals surface area contributed by atoms with Gasteiger partial charge in [0.15, 0.2) is 5.58 Å². The summed E-state index contributed by atoms with van der Waals surface area (Å²) in [4.78, 5) is 18.3. The van der Waals surface area contributed by atoms with Crippen molar-refractivity contribution >= 4 is 23.3 Å². The predicted molar refractivity (Wildman–Crippen MR) is 137 cm³/mol. The van der Waals surface area contributed by atoms with Crippen LogP contribution in [-0.4, -0.2) is 54.5 Å². The van der Waals surface area contributed by atoms with Crippen molar-refractivity contribution in [3.63, 3.8) is 0 Å². The minimum absolute atomic E-state index is 0.104. The first kappa shape index (κ1) is 25.6. The van der Waals surface area contributed by atoms with Crippen molar-refractivity contribution < 1.29 is 28.2 Å². The largest absolute Gasteiger partial charge is 0.513 e. The van der Waals surface area contributed by atoms with Gasteiger partial charge < -0.3 is 28.7 Å². The quantitative estimate of drug-likeness (QED) is 0.298. The van der Waals surface area contributed by atoms with Gasteiger partial charge in [0.1, 0.15) is 22.8 Å². The van der Waals surface area contributed by atoms with Gasteiger partial charge in [-0.2, -0.15) is 4.98 Å². The van der Waals surface area contributed by atoms with Crippen LogP contribution in [0.1, 0.15) is 46.1 Å². The van der Waals surface area contributed by atoms with Crippen molar-refractivity contribution in [1.29, 1.82) is 0 Å². The molecular formula is C27H35N3O6. The molecule has 36 heavy (non-hydrogen) atoms. The number of carbonyl (C=O) groups is 1. The summed E-state index contributed by atoms with van der Waals surface area (Å²) >= 11 is 0. The van der Waals surface area contributed by atoms with Crippen molar-refractivity contribution in [2.45, 2.75) is 65.3 Å². The van der Waals surface area contributed by atoms with Gasteiger partial charge in [-0.15, -0.1) is 0 Å². The van der Waals surface area contributed by atoms with Crippen molar-refractivity contribution in [3.8, 4) is 17.2 Å². The number of benzene rings is 2. The summed E-state index contributed by atoms with van der Waals surface area (Å²) in [5.41, 5.74) is 2.41. The number of methoxy groups -OCH3 is 1. The van der Waals surface area contributed by atoms with Crippen molar-refractivity contribution in [2.75, 3.05) is 25.5 Å². The summed E-state index contributed by atoms with van der Waals surface area (Å²) in [5.74, 6) is 2.03. The van der Waals surface area contributed by atoms with E-state index in [1.165, 1.54) is 12.7 Å². The Labute approximate surface area is 211 Å². The molecule has 194 valence electrons. The molecule has 9 nitrogen and oxygen atoms in total. The number of fused-ring (bicyclic) bond motifs is 1. The molecule has 0 atom stereocenters. The molecule has 0 spiro atoms. The fourth-order valence-electron chi connectivity index (χ4n) is 4.24. The second-order valence-electron chi connectivity index (χ2n) is 9.55. The van der Waals surface area contributed by atoms with Crippen LogP contribution in [0.4, 0.5) is 10.8 Å². The van der Waals surface area contributed by atoms with E-state index in [9.17, 15) is 4.79 Å². The molecule has 0 unspecified atom stereocenters. The fraction of sp³-hybridized carbons (Fsp3) is 0.481. The zero-order valence-corrected chi connectivity index (χ0v) is 21.6. The minimum Gasteiger partial charge on any atom is -0.491 e. The minimum atomic E-state index is -0.772. The first-order valence-corrected chi connectivity index (χ1v) is 12.4. The average molecular weight is 498 g/mol. The number of ether oxygens (including phenoxy) is 4. The van der Waals surface area contributed by atoms with Gasteiger partial charge in [0.2, 0.25) is 0 Å². The van der Waals surface area contributed by atoms with Crippen molar-refractivity contribution in [3.05, 3.63) is 42.0 Å². The van der Waals surface area contributed by atoms with Crippen LogP contribution in [-0.2, 0) is 11.3 Å². The second kappa shape index (κ2) is 11.5. The van der Waals surface area contributed by atoms with E-state index < -0.39 is 6.16 Å². The lowest BCUT2D eigenvalue weighted by Gasteiger charge is -2.32. The summed E-state index contributed by atoms with van der Waals surface area (Å²) in [7, 11) is 1.27. The topological polar surface area (TPSA) is 95.3 Å². The van der Waals surface area contributed by atoms with Crippen LogP contribution in [0.5, 0.6) is 17.2 Å². The lowest BCUT2D eigenvalue weighted by atomic mass is 10.0. The molecule has 3 aromatic rings. The van der Waals surface area contributed by atoms with Gasteiger partial charge in [0.05, 0.1) is 19.3 Å². The summed E-state index contributed by atoms with van der Waals surface area (Å²) in [5, 5.41) is 3.41. The number of piperidine rings is 1. The smallest absolute Gasteiger partial charge is 0.491 e. The molecule has 1 fully saturated rings. The molecule has 1 aliphatic rings. The van der Waals surface area contributed by atoms with E-state index in [4.69, 9.17) is 18.6 Å². The number of nitrogens with zero attached hydrogens (tertiary/aromatic N) is 2. The van der Waals surface area contributed by atoms with Crippen LogP contribution in [0.25, 0.3) is 11.1 Å². The number of likely N-dealkylation sites (tertiary alicyclic amines) is 1. The molecule has 0 amide bonds.